The molecule has 15 heavy (non-hydrogen) atoms. The molecule has 0 spiro atoms. The highest BCUT2D eigenvalue weighted by Gasteiger charge is 2.29. The minimum absolute atomic E-state index is 0.0841. The fourth-order valence-electron chi connectivity index (χ4n) is 0.864. The highest BCUT2D eigenvalue weighted by molar-refractivity contribution is 7.46. The predicted molar refractivity (Wildman–Crippen MR) is 51.9 cm³/mol. The van der Waals surface area contributed by atoms with Gasteiger partial charge in [0.25, 0.3) is 0 Å². The Balaban J connectivity index is 0.000000337. The molecule has 0 amide bonds. The van der Waals surface area contributed by atoms with Crippen molar-refractivity contribution in [2.75, 3.05) is 6.61 Å². The predicted octanol–water partition coefficient (Wildman–Crippen LogP) is 1.26. The third kappa shape index (κ3) is 3.89. The van der Waals surface area contributed by atoms with E-state index in [2.05, 4.69) is 4.52 Å². The van der Waals surface area contributed by atoms with Crippen LogP contribution in [-0.2, 0) is 4.57 Å². The third-order valence-electron chi connectivity index (χ3n) is 1.33. The summed E-state index contributed by atoms with van der Waals surface area (Å²) in [5, 5.41) is 7.57. The van der Waals surface area contributed by atoms with Crippen molar-refractivity contribution in [1.29, 1.82) is 0 Å². The quantitative estimate of drug-likeness (QED) is 0.534. The zero-order valence-electron chi connectivity index (χ0n) is 7.95. The molecule has 0 bridgehead atoms. The van der Waals surface area contributed by atoms with Gasteiger partial charge in [-0.1, -0.05) is 6.07 Å². The first-order valence-electron chi connectivity index (χ1n) is 4.14. The van der Waals surface area contributed by atoms with Gasteiger partial charge in [-0.15, -0.1) is 0 Å². The number of benzene rings is 1. The van der Waals surface area contributed by atoms with Crippen LogP contribution in [-0.4, -0.2) is 21.5 Å². The summed E-state index contributed by atoms with van der Waals surface area (Å²) >= 11 is 0. The van der Waals surface area contributed by atoms with Crippen LogP contribution in [0.1, 0.15) is 6.92 Å². The maximum absolute atomic E-state index is 10.4. The number of phosphoric ester groups is 1. The van der Waals surface area contributed by atoms with Crippen LogP contribution in [0.25, 0.3) is 0 Å². The molecule has 1 aliphatic heterocycles. The van der Waals surface area contributed by atoms with Gasteiger partial charge in [0.15, 0.2) is 11.5 Å². The fraction of sp³-hybridized carbons (Fsp3) is 0.250. The summed E-state index contributed by atoms with van der Waals surface area (Å²) in [7, 11) is -4.46. The van der Waals surface area contributed by atoms with Crippen molar-refractivity contribution in [3.8, 4) is 17.2 Å². The summed E-state index contributed by atoms with van der Waals surface area (Å²) in [6.45, 7) is 1.93. The van der Waals surface area contributed by atoms with E-state index in [-0.39, 0.29) is 12.4 Å². The SMILES string of the molecule is CCO.O=P(O)(O)Oc1cccc2c1O2. The van der Waals surface area contributed by atoms with E-state index in [0.29, 0.717) is 11.5 Å². The lowest BCUT2D eigenvalue weighted by molar-refractivity contribution is 0.282. The van der Waals surface area contributed by atoms with Crippen molar-refractivity contribution >= 4 is 7.82 Å². The first-order chi connectivity index (χ1) is 6.98. The monoisotopic (exact) mass is 234 g/mol. The second-order valence-electron chi connectivity index (χ2n) is 2.58. The summed E-state index contributed by atoms with van der Waals surface area (Å²) < 4.78 is 19.6. The van der Waals surface area contributed by atoms with Crippen LogP contribution >= 0.6 is 7.82 Å². The molecular weight excluding hydrogens is 223 g/mol. The number of para-hydroxylation sites is 1. The Hall–Kier alpha value is -1.07. The molecule has 0 saturated heterocycles. The van der Waals surface area contributed by atoms with Crippen LogP contribution in [0.3, 0.4) is 0 Å². The maximum atomic E-state index is 10.4. The molecule has 1 heterocycles. The van der Waals surface area contributed by atoms with Crippen molar-refractivity contribution in [3.63, 3.8) is 0 Å². The number of rotatable bonds is 2. The zero-order valence-corrected chi connectivity index (χ0v) is 8.85. The second kappa shape index (κ2) is 4.63. The Morgan fingerprint density at radius 1 is 1.47 bits per heavy atom. The number of fused-ring (bicyclic) bond motifs is 1. The molecule has 6 nitrogen and oxygen atoms in total. The van der Waals surface area contributed by atoms with Gasteiger partial charge in [-0.25, -0.2) is 4.57 Å². The van der Waals surface area contributed by atoms with Crippen LogP contribution in [0.5, 0.6) is 17.2 Å². The molecular formula is C8H11O6P. The van der Waals surface area contributed by atoms with Crippen molar-refractivity contribution in [2.24, 2.45) is 0 Å². The van der Waals surface area contributed by atoms with Crippen molar-refractivity contribution in [2.45, 2.75) is 6.92 Å². The number of aliphatic hydroxyl groups is 1. The lowest BCUT2D eigenvalue weighted by Gasteiger charge is -2.03. The molecule has 0 atom stereocenters. The molecule has 1 aliphatic rings. The summed E-state index contributed by atoms with van der Waals surface area (Å²) in [6, 6.07) is 4.71. The van der Waals surface area contributed by atoms with E-state index < -0.39 is 7.82 Å². The number of hydrogen-bond donors (Lipinski definition) is 3. The molecule has 0 fully saturated rings. The van der Waals surface area contributed by atoms with Gasteiger partial charge in [0.05, 0.1) is 0 Å². The van der Waals surface area contributed by atoms with Gasteiger partial charge in [0, 0.05) is 6.61 Å². The minimum atomic E-state index is -4.46. The fourth-order valence-corrected chi connectivity index (χ4v) is 1.26. The number of hydrogen-bond acceptors (Lipinski definition) is 4. The van der Waals surface area contributed by atoms with Gasteiger partial charge < -0.3 is 14.4 Å². The minimum Gasteiger partial charge on any atom is -0.445 e. The van der Waals surface area contributed by atoms with Gasteiger partial charge >= 0.3 is 7.82 Å². The summed E-state index contributed by atoms with van der Waals surface area (Å²) in [6.07, 6.45) is 0. The van der Waals surface area contributed by atoms with Crippen molar-refractivity contribution < 1.29 is 28.7 Å². The first kappa shape index (κ1) is 12.0. The molecule has 84 valence electrons. The Morgan fingerprint density at radius 2 is 2.07 bits per heavy atom. The van der Waals surface area contributed by atoms with Crippen LogP contribution in [0.2, 0.25) is 0 Å². The second-order valence-corrected chi connectivity index (χ2v) is 3.75. The summed E-state index contributed by atoms with van der Waals surface area (Å²) in [5.41, 5.74) is 0. The third-order valence-corrected chi connectivity index (χ3v) is 1.76. The molecule has 3 N–H and O–H groups in total. The lowest BCUT2D eigenvalue weighted by atomic mass is 10.3. The normalized spacial score (nSPS) is 11.7. The van der Waals surface area contributed by atoms with Gasteiger partial charge in [0.1, 0.15) is 0 Å². The maximum Gasteiger partial charge on any atom is 0.524 e. The highest BCUT2D eigenvalue weighted by atomic mass is 31.2. The molecule has 0 aliphatic carbocycles. The molecule has 0 unspecified atom stereocenters. The Morgan fingerprint density at radius 3 is 2.60 bits per heavy atom. The number of phosphoric acid groups is 1. The van der Waals surface area contributed by atoms with Crippen LogP contribution < -0.4 is 9.26 Å². The van der Waals surface area contributed by atoms with Crippen LogP contribution in [0.15, 0.2) is 18.2 Å². The van der Waals surface area contributed by atoms with E-state index >= 15 is 0 Å². The average Bonchev–Trinajstić information content (AvgIpc) is 2.82. The molecule has 1 aromatic carbocycles. The molecule has 1 aromatic rings. The molecule has 0 aromatic heterocycles. The van der Waals surface area contributed by atoms with Crippen LogP contribution in [0, 0.1) is 0 Å². The highest BCUT2D eigenvalue weighted by Crippen LogP contribution is 2.55. The lowest BCUT2D eigenvalue weighted by Crippen LogP contribution is -1.87. The Labute approximate surface area is 86.3 Å². The van der Waals surface area contributed by atoms with Crippen LogP contribution in [0.4, 0.5) is 0 Å². The molecule has 2 rings (SSSR count). The zero-order chi connectivity index (χ0) is 11.5. The summed E-state index contributed by atoms with van der Waals surface area (Å²) in [4.78, 5) is 16.9. The largest absolute Gasteiger partial charge is 0.524 e. The van der Waals surface area contributed by atoms with E-state index in [9.17, 15) is 4.57 Å². The van der Waals surface area contributed by atoms with E-state index in [1.54, 1.807) is 19.1 Å². The average molecular weight is 234 g/mol. The Kier molecular flexibility index (Phi) is 3.71. The topological polar surface area (TPSA) is 99.5 Å². The molecule has 0 saturated carbocycles. The molecule has 0 radical (unpaired) electrons. The van der Waals surface area contributed by atoms with E-state index in [1.807, 2.05) is 0 Å². The van der Waals surface area contributed by atoms with Gasteiger partial charge in [-0.2, -0.15) is 0 Å². The number of ether oxygens (including phenoxy) is 1. The van der Waals surface area contributed by atoms with E-state index in [1.165, 1.54) is 6.07 Å². The van der Waals surface area contributed by atoms with E-state index in [0.717, 1.165) is 0 Å². The van der Waals surface area contributed by atoms with Gasteiger partial charge in [-0.3, -0.25) is 9.79 Å². The van der Waals surface area contributed by atoms with Gasteiger partial charge in [-0.05, 0) is 19.1 Å². The smallest absolute Gasteiger partial charge is 0.445 e. The number of aliphatic hydroxyl groups excluding tert-OH is 1. The first-order valence-corrected chi connectivity index (χ1v) is 5.68. The van der Waals surface area contributed by atoms with Crippen molar-refractivity contribution in [1.82, 2.24) is 0 Å². The Bertz CT molecular complexity index is 385. The van der Waals surface area contributed by atoms with Gasteiger partial charge in [0.2, 0.25) is 5.75 Å². The standard InChI is InChI=1S/C6H5O5P.C2H6O/c7-12(8,9)11-5-3-1-2-4-6(5)10-4;1-2-3/h1-3H,(H2,7,8,9);3H,2H2,1H3. The van der Waals surface area contributed by atoms with E-state index in [4.69, 9.17) is 19.6 Å². The van der Waals surface area contributed by atoms with Crippen molar-refractivity contribution in [3.05, 3.63) is 18.2 Å². The summed E-state index contributed by atoms with van der Waals surface area (Å²) in [5.74, 6) is 1.09. The molecule has 7 heteroatoms.